The Labute approximate surface area is 177 Å². The molecule has 1 rings (SSSR count). The van der Waals surface area contributed by atoms with E-state index in [2.05, 4.69) is 4.18 Å². The largest absolute Gasteiger partial charge is 0.504 e. The monoisotopic (exact) mass is 524 g/mol. The highest BCUT2D eigenvalue weighted by atomic mass is 32.2. The molecule has 0 saturated heterocycles. The van der Waals surface area contributed by atoms with Crippen molar-refractivity contribution in [3.8, 4) is 11.5 Å². The third-order valence-corrected chi connectivity index (χ3v) is 7.47. The van der Waals surface area contributed by atoms with Gasteiger partial charge in [-0.15, -0.1) is 0 Å². The van der Waals surface area contributed by atoms with E-state index in [1.54, 1.807) is 0 Å². The van der Waals surface area contributed by atoms with Gasteiger partial charge in [0, 0.05) is 6.07 Å². The maximum absolute atomic E-state index is 12.5. The molecule has 0 amide bonds. The topological polar surface area (TPSA) is 308 Å². The van der Waals surface area contributed by atoms with Crippen LogP contribution in [0, 0.1) is 5.92 Å². The second-order valence-electron chi connectivity index (χ2n) is 5.84. The summed E-state index contributed by atoms with van der Waals surface area (Å²) in [4.78, 5) is 49.7. The average Bonchev–Trinajstić information content (AvgIpc) is 2.57. The van der Waals surface area contributed by atoms with E-state index in [4.69, 9.17) is 14.8 Å². The third kappa shape index (κ3) is 5.15. The number of phenols is 2. The zero-order chi connectivity index (χ0) is 25.4. The van der Waals surface area contributed by atoms with Crippen LogP contribution >= 0.6 is 7.60 Å². The van der Waals surface area contributed by atoms with Crippen LogP contribution in [-0.2, 0) is 43.4 Å². The normalized spacial score (nSPS) is 15.5. The van der Waals surface area contributed by atoms with Gasteiger partial charge >= 0.3 is 35.6 Å². The van der Waals surface area contributed by atoms with Crippen LogP contribution in [0.25, 0.3) is 0 Å². The van der Waals surface area contributed by atoms with Crippen LogP contribution < -0.4 is 0 Å². The Kier molecular flexibility index (Phi) is 7.34. The third-order valence-electron chi connectivity index (χ3n) is 3.72. The molecule has 0 saturated carbocycles. The Bertz CT molecular complexity index is 1230. The molecule has 180 valence electrons. The number of hydrogen-bond donors (Lipinski definition) is 8. The predicted octanol–water partition coefficient (Wildman–Crippen LogP) is -1.82. The Hall–Kier alpha value is -2.80. The fourth-order valence-corrected chi connectivity index (χ4v) is 5.67. The van der Waals surface area contributed by atoms with Crippen molar-refractivity contribution in [3.63, 3.8) is 0 Å². The maximum Gasteiger partial charge on any atom is 0.371 e. The molecule has 1 aromatic carbocycles. The summed E-state index contributed by atoms with van der Waals surface area (Å²) in [6.07, 6.45) is -1.88. The average molecular weight is 524 g/mol. The summed E-state index contributed by atoms with van der Waals surface area (Å²) >= 11 is 0. The van der Waals surface area contributed by atoms with Crippen LogP contribution in [0.5, 0.6) is 11.5 Å². The van der Waals surface area contributed by atoms with Gasteiger partial charge in [0.1, 0.15) is 10.8 Å². The molecule has 17 nitrogen and oxygen atoms in total. The molecule has 2 unspecified atom stereocenters. The smallest absolute Gasteiger partial charge is 0.371 e. The molecular formula is C12H13O17PS2. The second kappa shape index (κ2) is 8.62. The molecule has 20 heteroatoms. The van der Waals surface area contributed by atoms with Gasteiger partial charge in [0.25, 0.3) is 15.5 Å². The molecular weight excluding hydrogens is 511 g/mol. The number of hydrogen-bond acceptors (Lipinski definition) is 11. The fourth-order valence-electron chi connectivity index (χ4n) is 2.31. The summed E-state index contributed by atoms with van der Waals surface area (Å²) in [5.41, 5.74) is 0. The Morgan fingerprint density at radius 1 is 1.03 bits per heavy atom. The van der Waals surface area contributed by atoms with Crippen LogP contribution in [0.3, 0.4) is 0 Å². The van der Waals surface area contributed by atoms with Crippen molar-refractivity contribution in [2.75, 3.05) is 0 Å². The van der Waals surface area contributed by atoms with E-state index >= 15 is 0 Å². The molecule has 1 aromatic rings. The Morgan fingerprint density at radius 2 is 1.53 bits per heavy atom. The molecule has 0 radical (unpaired) electrons. The Morgan fingerprint density at radius 3 is 1.88 bits per heavy atom. The summed E-state index contributed by atoms with van der Waals surface area (Å²) < 4.78 is 72.4. The van der Waals surface area contributed by atoms with Crippen LogP contribution in [-0.4, -0.2) is 80.0 Å². The van der Waals surface area contributed by atoms with Crippen molar-refractivity contribution in [2.24, 2.45) is 5.92 Å². The number of carboxylic acid groups (broad SMARTS) is 3. The number of aromatic hydroxyl groups is 2. The van der Waals surface area contributed by atoms with Crippen molar-refractivity contribution in [1.29, 1.82) is 0 Å². The van der Waals surface area contributed by atoms with Gasteiger partial charge in [-0.05, 0) is 6.07 Å². The SMILES string of the molecule is O=C(O)CC(C(=O)O)C(OS(=O)(=O)c1cc(S(=O)(=O)O)cc(O)c1O)(C(=O)O)P(=O)(O)O. The molecule has 0 aromatic heterocycles. The fraction of sp³-hybridized carbons (Fsp3) is 0.250. The van der Waals surface area contributed by atoms with Gasteiger partial charge in [-0.3, -0.25) is 18.7 Å². The van der Waals surface area contributed by atoms with Crippen molar-refractivity contribution >= 4 is 45.7 Å². The first-order valence-corrected chi connectivity index (χ1v) is 11.9. The number of benzene rings is 1. The molecule has 0 aliphatic heterocycles. The number of phenolic OH excluding ortho intramolecular Hbond substituents is 2. The van der Waals surface area contributed by atoms with Crippen molar-refractivity contribution < 1.29 is 79.8 Å². The number of carbonyl (C=O) groups is 3. The first kappa shape index (κ1) is 27.2. The summed E-state index contributed by atoms with van der Waals surface area (Å²) in [5.74, 6) is -14.2. The Balaban J connectivity index is 3.99. The molecule has 0 fully saturated rings. The lowest BCUT2D eigenvalue weighted by molar-refractivity contribution is -0.165. The maximum atomic E-state index is 12.5. The van der Waals surface area contributed by atoms with E-state index in [0.717, 1.165) is 0 Å². The molecule has 0 bridgehead atoms. The molecule has 0 spiro atoms. The van der Waals surface area contributed by atoms with Crippen molar-refractivity contribution in [1.82, 2.24) is 0 Å². The summed E-state index contributed by atoms with van der Waals surface area (Å²) in [7, 11) is -18.0. The first-order chi connectivity index (χ1) is 14.2. The summed E-state index contributed by atoms with van der Waals surface area (Å²) in [5, 5.41) is 41.8. The highest BCUT2D eigenvalue weighted by Crippen LogP contribution is 2.58. The highest BCUT2D eigenvalue weighted by Gasteiger charge is 2.67. The number of rotatable bonds is 10. The van der Waals surface area contributed by atoms with Crippen molar-refractivity contribution in [3.05, 3.63) is 12.1 Å². The molecule has 32 heavy (non-hydrogen) atoms. The van der Waals surface area contributed by atoms with E-state index in [9.17, 15) is 60.9 Å². The predicted molar refractivity (Wildman–Crippen MR) is 93.6 cm³/mol. The minimum absolute atomic E-state index is 0.126. The van der Waals surface area contributed by atoms with Crippen LogP contribution in [0.1, 0.15) is 6.42 Å². The van der Waals surface area contributed by atoms with Gasteiger partial charge in [-0.25, -0.2) is 8.98 Å². The van der Waals surface area contributed by atoms with E-state index in [-0.39, 0.29) is 12.1 Å². The lowest BCUT2D eigenvalue weighted by atomic mass is 9.98. The highest BCUT2D eigenvalue weighted by molar-refractivity contribution is 7.87. The summed E-state index contributed by atoms with van der Waals surface area (Å²) in [6, 6.07) is 0.000566. The molecule has 0 aliphatic rings. The van der Waals surface area contributed by atoms with Gasteiger partial charge in [-0.1, -0.05) is 0 Å². The number of aliphatic carboxylic acids is 3. The molecule has 0 aliphatic carbocycles. The molecule has 0 heterocycles. The van der Waals surface area contributed by atoms with Gasteiger partial charge in [-0.2, -0.15) is 16.8 Å². The van der Waals surface area contributed by atoms with E-state index in [0.29, 0.717) is 0 Å². The zero-order valence-electron chi connectivity index (χ0n) is 15.0. The van der Waals surface area contributed by atoms with E-state index < -0.39 is 84.7 Å². The molecule has 8 N–H and O–H groups in total. The van der Waals surface area contributed by atoms with Gasteiger partial charge < -0.3 is 35.3 Å². The van der Waals surface area contributed by atoms with Crippen LogP contribution in [0.2, 0.25) is 0 Å². The van der Waals surface area contributed by atoms with Crippen LogP contribution in [0.15, 0.2) is 21.9 Å². The van der Waals surface area contributed by atoms with Gasteiger partial charge in [0.15, 0.2) is 11.5 Å². The van der Waals surface area contributed by atoms with Crippen molar-refractivity contribution in [2.45, 2.75) is 21.6 Å². The lowest BCUT2D eigenvalue weighted by Crippen LogP contribution is -2.53. The minimum Gasteiger partial charge on any atom is -0.504 e. The van der Waals surface area contributed by atoms with E-state index in [1.165, 1.54) is 0 Å². The van der Waals surface area contributed by atoms with Gasteiger partial charge in [0.2, 0.25) is 0 Å². The number of carboxylic acids is 3. The quantitative estimate of drug-likeness (QED) is 0.0723. The summed E-state index contributed by atoms with van der Waals surface area (Å²) in [6.45, 7) is 0. The first-order valence-electron chi connectivity index (χ1n) is 7.41. The standard InChI is InChI=1S/C12H13O17PS2/c13-6-1-4(31(24,25)26)2-7(9(6)16)32(27,28)29-12(11(19)20,30(21,22)23)5(10(17)18)3-8(14)15/h1-2,5,13,16H,3H2,(H,14,15)(H,17,18)(H,19,20)(H2,21,22,23)(H,24,25,26). The van der Waals surface area contributed by atoms with E-state index in [1.807, 2.05) is 0 Å². The van der Waals surface area contributed by atoms with Gasteiger partial charge in [0.05, 0.1) is 11.3 Å². The lowest BCUT2D eigenvalue weighted by Gasteiger charge is -2.33. The molecule has 2 atom stereocenters. The zero-order valence-corrected chi connectivity index (χ0v) is 17.5. The second-order valence-corrected chi connectivity index (χ2v) is 10.5. The minimum atomic E-state index is -6.57. The van der Waals surface area contributed by atoms with Crippen LogP contribution in [0.4, 0.5) is 0 Å².